The topological polar surface area (TPSA) is 33.7 Å². The molecule has 2 unspecified atom stereocenters. The van der Waals surface area contributed by atoms with Crippen molar-refractivity contribution in [3.63, 3.8) is 0 Å². The standard InChI is InChI=1S/C17H26N2O2/c1-17(2)14-9-18-8-13(14)11-19(17)10-12-6-5-7-15(20-3)16(12)21-4/h5-7,13-14,18H,8-11H2,1-4H3. The van der Waals surface area contributed by atoms with Gasteiger partial charge in [0.1, 0.15) is 0 Å². The molecule has 4 nitrogen and oxygen atoms in total. The molecule has 0 radical (unpaired) electrons. The Morgan fingerprint density at radius 2 is 2.05 bits per heavy atom. The Balaban J connectivity index is 1.84. The maximum absolute atomic E-state index is 5.58. The van der Waals surface area contributed by atoms with Crippen LogP contribution in [0.5, 0.6) is 11.5 Å². The summed E-state index contributed by atoms with van der Waals surface area (Å²) in [4.78, 5) is 2.60. The molecule has 2 fully saturated rings. The number of ether oxygens (including phenoxy) is 2. The van der Waals surface area contributed by atoms with Crippen molar-refractivity contribution >= 4 is 0 Å². The van der Waals surface area contributed by atoms with E-state index < -0.39 is 0 Å². The van der Waals surface area contributed by atoms with Crippen LogP contribution in [0, 0.1) is 11.8 Å². The third kappa shape index (κ3) is 2.40. The van der Waals surface area contributed by atoms with Crippen LogP contribution in [0.3, 0.4) is 0 Å². The Bertz CT molecular complexity index is 516. The van der Waals surface area contributed by atoms with E-state index in [1.165, 1.54) is 5.56 Å². The van der Waals surface area contributed by atoms with Gasteiger partial charge in [0, 0.05) is 30.7 Å². The summed E-state index contributed by atoms with van der Waals surface area (Å²) >= 11 is 0. The summed E-state index contributed by atoms with van der Waals surface area (Å²) in [5, 5.41) is 3.53. The Morgan fingerprint density at radius 3 is 2.71 bits per heavy atom. The highest BCUT2D eigenvalue weighted by Gasteiger charge is 2.49. The maximum atomic E-state index is 5.58. The minimum absolute atomic E-state index is 0.224. The number of likely N-dealkylation sites (tertiary alicyclic amines) is 1. The zero-order valence-electron chi connectivity index (χ0n) is 13.5. The third-order valence-corrected chi connectivity index (χ3v) is 5.36. The molecule has 3 rings (SSSR count). The number of hydrogen-bond donors (Lipinski definition) is 1. The van der Waals surface area contributed by atoms with E-state index in [2.05, 4.69) is 30.1 Å². The van der Waals surface area contributed by atoms with Crippen LogP contribution in [0.2, 0.25) is 0 Å². The number of methoxy groups -OCH3 is 2. The van der Waals surface area contributed by atoms with Crippen molar-refractivity contribution in [3.8, 4) is 11.5 Å². The lowest BCUT2D eigenvalue weighted by molar-refractivity contribution is 0.130. The molecule has 0 spiro atoms. The van der Waals surface area contributed by atoms with E-state index >= 15 is 0 Å². The lowest BCUT2D eigenvalue weighted by atomic mass is 9.85. The smallest absolute Gasteiger partial charge is 0.165 e. The first-order valence-electron chi connectivity index (χ1n) is 7.73. The first-order valence-corrected chi connectivity index (χ1v) is 7.73. The van der Waals surface area contributed by atoms with Crippen molar-refractivity contribution in [2.24, 2.45) is 11.8 Å². The molecule has 2 heterocycles. The number of benzene rings is 1. The molecule has 0 aromatic heterocycles. The second kappa shape index (κ2) is 5.50. The summed E-state index contributed by atoms with van der Waals surface area (Å²) in [6.45, 7) is 9.11. The first kappa shape index (κ1) is 14.7. The van der Waals surface area contributed by atoms with Crippen LogP contribution in [0.15, 0.2) is 18.2 Å². The summed E-state index contributed by atoms with van der Waals surface area (Å²) in [7, 11) is 3.41. The van der Waals surface area contributed by atoms with Crippen molar-refractivity contribution in [2.75, 3.05) is 33.9 Å². The van der Waals surface area contributed by atoms with Crippen molar-refractivity contribution < 1.29 is 9.47 Å². The molecule has 1 aromatic carbocycles. The highest BCUT2D eigenvalue weighted by molar-refractivity contribution is 5.46. The van der Waals surface area contributed by atoms with E-state index in [9.17, 15) is 0 Å². The van der Waals surface area contributed by atoms with E-state index in [4.69, 9.17) is 9.47 Å². The van der Waals surface area contributed by atoms with Gasteiger partial charge in [-0.2, -0.15) is 0 Å². The molecule has 0 amide bonds. The van der Waals surface area contributed by atoms with Gasteiger partial charge in [0.2, 0.25) is 0 Å². The fourth-order valence-corrected chi connectivity index (χ4v) is 4.06. The monoisotopic (exact) mass is 290 g/mol. The van der Waals surface area contributed by atoms with E-state index in [0.29, 0.717) is 0 Å². The second-order valence-corrected chi connectivity index (χ2v) is 6.71. The maximum Gasteiger partial charge on any atom is 0.165 e. The molecule has 1 N–H and O–H groups in total. The van der Waals surface area contributed by atoms with Crippen molar-refractivity contribution in [1.82, 2.24) is 10.2 Å². The van der Waals surface area contributed by atoms with Crippen LogP contribution in [-0.2, 0) is 6.54 Å². The summed E-state index contributed by atoms with van der Waals surface area (Å²) in [6, 6.07) is 6.14. The van der Waals surface area contributed by atoms with Crippen LogP contribution < -0.4 is 14.8 Å². The van der Waals surface area contributed by atoms with Gasteiger partial charge in [-0.05, 0) is 38.3 Å². The predicted molar refractivity (Wildman–Crippen MR) is 83.9 cm³/mol. The van der Waals surface area contributed by atoms with Gasteiger partial charge >= 0.3 is 0 Å². The average Bonchev–Trinajstić information content (AvgIpc) is 3.02. The summed E-state index contributed by atoms with van der Waals surface area (Å²) < 4.78 is 11.0. The number of nitrogens with one attached hydrogen (secondary N) is 1. The number of rotatable bonds is 4. The lowest BCUT2D eigenvalue weighted by Gasteiger charge is -2.36. The van der Waals surface area contributed by atoms with Crippen molar-refractivity contribution in [3.05, 3.63) is 23.8 Å². The molecule has 0 bridgehead atoms. The molecule has 2 aliphatic heterocycles. The third-order valence-electron chi connectivity index (χ3n) is 5.36. The van der Waals surface area contributed by atoms with E-state index in [1.54, 1.807) is 14.2 Å². The van der Waals surface area contributed by atoms with Gasteiger partial charge in [-0.3, -0.25) is 4.90 Å². The van der Waals surface area contributed by atoms with Crippen LogP contribution in [0.1, 0.15) is 19.4 Å². The van der Waals surface area contributed by atoms with Gasteiger partial charge in [-0.15, -0.1) is 0 Å². The van der Waals surface area contributed by atoms with E-state index in [-0.39, 0.29) is 5.54 Å². The molecule has 2 atom stereocenters. The van der Waals surface area contributed by atoms with Crippen LogP contribution >= 0.6 is 0 Å². The number of hydrogen-bond acceptors (Lipinski definition) is 4. The van der Waals surface area contributed by atoms with E-state index in [1.807, 2.05) is 12.1 Å². The van der Waals surface area contributed by atoms with Gasteiger partial charge in [0.05, 0.1) is 14.2 Å². The van der Waals surface area contributed by atoms with Gasteiger partial charge in [-0.1, -0.05) is 12.1 Å². The van der Waals surface area contributed by atoms with E-state index in [0.717, 1.165) is 49.5 Å². The summed E-state index contributed by atoms with van der Waals surface area (Å²) in [6.07, 6.45) is 0. The first-order chi connectivity index (χ1) is 10.1. The molecule has 21 heavy (non-hydrogen) atoms. The average molecular weight is 290 g/mol. The van der Waals surface area contributed by atoms with Gasteiger partial charge in [-0.25, -0.2) is 0 Å². The van der Waals surface area contributed by atoms with Gasteiger partial charge in [0.15, 0.2) is 11.5 Å². The SMILES string of the molecule is COc1cccc(CN2CC3CNCC3C2(C)C)c1OC. The zero-order chi connectivity index (χ0) is 15.0. The van der Waals surface area contributed by atoms with Crippen molar-refractivity contribution in [2.45, 2.75) is 25.9 Å². The Labute approximate surface area is 127 Å². The fraction of sp³-hybridized carbons (Fsp3) is 0.647. The highest BCUT2D eigenvalue weighted by Crippen LogP contribution is 2.42. The molecular formula is C17H26N2O2. The molecule has 0 saturated carbocycles. The lowest BCUT2D eigenvalue weighted by Crippen LogP contribution is -2.43. The Kier molecular flexibility index (Phi) is 3.84. The van der Waals surface area contributed by atoms with Crippen LogP contribution in [-0.4, -0.2) is 44.3 Å². The molecule has 4 heteroatoms. The number of para-hydroxylation sites is 1. The Morgan fingerprint density at radius 1 is 1.24 bits per heavy atom. The second-order valence-electron chi connectivity index (χ2n) is 6.71. The minimum atomic E-state index is 0.224. The molecule has 116 valence electrons. The van der Waals surface area contributed by atoms with Gasteiger partial charge < -0.3 is 14.8 Å². The fourth-order valence-electron chi connectivity index (χ4n) is 4.06. The van der Waals surface area contributed by atoms with Gasteiger partial charge in [0.25, 0.3) is 0 Å². The molecular weight excluding hydrogens is 264 g/mol. The molecule has 2 saturated heterocycles. The number of fused-ring (bicyclic) bond motifs is 1. The van der Waals surface area contributed by atoms with Crippen LogP contribution in [0.25, 0.3) is 0 Å². The highest BCUT2D eigenvalue weighted by atomic mass is 16.5. The Hall–Kier alpha value is -1.26. The van der Waals surface area contributed by atoms with Crippen molar-refractivity contribution in [1.29, 1.82) is 0 Å². The zero-order valence-corrected chi connectivity index (χ0v) is 13.5. The normalized spacial score (nSPS) is 27.6. The summed E-state index contributed by atoms with van der Waals surface area (Å²) in [5.41, 5.74) is 1.43. The quantitative estimate of drug-likeness (QED) is 0.921. The largest absolute Gasteiger partial charge is 0.493 e. The molecule has 1 aromatic rings. The molecule has 2 aliphatic rings. The summed E-state index contributed by atoms with van der Waals surface area (Å²) in [5.74, 6) is 3.20. The number of nitrogens with zero attached hydrogens (tertiary/aromatic N) is 1. The van der Waals surface area contributed by atoms with Crippen LogP contribution in [0.4, 0.5) is 0 Å². The predicted octanol–water partition coefficient (Wildman–Crippen LogP) is 2.13. The minimum Gasteiger partial charge on any atom is -0.493 e. The molecule has 0 aliphatic carbocycles.